The third-order valence-electron chi connectivity index (χ3n) is 12.5. The molecule has 0 saturated carbocycles. The largest absolute Gasteiger partial charge is 0.497 e. The predicted octanol–water partition coefficient (Wildman–Crippen LogP) is 10.5. The molecule has 16 heteroatoms. The van der Waals surface area contributed by atoms with Gasteiger partial charge in [-0.2, -0.15) is 10.2 Å². The van der Waals surface area contributed by atoms with Crippen LogP contribution in [0.25, 0.3) is 0 Å². The fraction of sp³-hybridized carbons (Fsp3) is 0.333. The quantitative estimate of drug-likeness (QED) is 0.0439. The molecule has 5 aromatic carbocycles. The molecule has 3 heterocycles. The molecule has 0 aliphatic carbocycles. The van der Waals surface area contributed by atoms with E-state index in [2.05, 4.69) is 64.7 Å². The van der Waals surface area contributed by atoms with E-state index in [-0.39, 0.29) is 44.0 Å². The smallest absolute Gasteiger partial charge is 0.351 e. The molecule has 2 fully saturated rings. The molecule has 2 aliphatic heterocycles. The summed E-state index contributed by atoms with van der Waals surface area (Å²) in [5.74, 6) is 1.08. The van der Waals surface area contributed by atoms with Crippen molar-refractivity contribution in [3.8, 4) is 17.6 Å². The van der Waals surface area contributed by atoms with Crippen molar-refractivity contribution in [2.24, 2.45) is 0 Å². The van der Waals surface area contributed by atoms with Gasteiger partial charge in [0.05, 0.1) is 39.9 Å². The Kier molecular flexibility index (Phi) is 16.3. The standard InChI is InChI=1S/C54H57BrN5O9P/c1-36(2)60(37(3)4)70(66-32-14-30-56)69-49-46(35-65-54(39-17-11-8-12-18-39,40-21-25-44(63-5)26-22-40)41-23-27-45(64-6)28-24-41)68-53(42-19-13-20-43(55)33-42)34-48(67-50(49)53)59-31-29-47(58-52(59)62)57-51(61)38-15-9-7-10-16-38/h7-13,15-29,31,33,36-37,46,48-50H,14,32,34-35H2,1-6H3,(H,57,58,61,62)/t46-,48+,49-,50-,53+,70?/m1/s1. The van der Waals surface area contributed by atoms with Gasteiger partial charge in [0.25, 0.3) is 14.4 Å². The van der Waals surface area contributed by atoms with Gasteiger partial charge in [-0.1, -0.05) is 101 Å². The van der Waals surface area contributed by atoms with E-state index in [1.54, 1.807) is 50.7 Å². The Bertz CT molecular complexity index is 2740. The van der Waals surface area contributed by atoms with Crippen LogP contribution < -0.4 is 20.5 Å². The lowest BCUT2D eigenvalue weighted by molar-refractivity contribution is -0.114. The van der Waals surface area contributed by atoms with Crippen LogP contribution in [0.2, 0.25) is 0 Å². The first-order chi connectivity index (χ1) is 33.9. The number of nitrogens with zero attached hydrogens (tertiary/aromatic N) is 4. The van der Waals surface area contributed by atoms with Crippen molar-refractivity contribution in [3.63, 3.8) is 0 Å². The molecule has 2 aliphatic rings. The molecule has 364 valence electrons. The molecule has 0 bridgehead atoms. The molecular weight excluding hydrogens is 973 g/mol. The van der Waals surface area contributed by atoms with Crippen LogP contribution >= 0.6 is 24.5 Å². The Labute approximate surface area is 418 Å². The second-order valence-corrected chi connectivity index (χ2v) is 19.8. The van der Waals surface area contributed by atoms with Crippen LogP contribution in [0.1, 0.15) is 79.4 Å². The van der Waals surface area contributed by atoms with Crippen LogP contribution in [0.4, 0.5) is 5.82 Å². The second-order valence-electron chi connectivity index (χ2n) is 17.5. The zero-order valence-electron chi connectivity index (χ0n) is 39.9. The molecule has 14 nitrogen and oxygen atoms in total. The second kappa shape index (κ2) is 22.5. The Morgan fingerprint density at radius 1 is 0.886 bits per heavy atom. The number of halogens is 1. The molecule has 8 rings (SSSR count). The highest BCUT2D eigenvalue weighted by atomic mass is 79.9. The van der Waals surface area contributed by atoms with E-state index in [0.29, 0.717) is 17.1 Å². The third-order valence-corrected chi connectivity index (χ3v) is 15.1. The molecule has 6 aromatic rings. The summed E-state index contributed by atoms with van der Waals surface area (Å²) in [4.78, 5) is 31.3. The lowest BCUT2D eigenvalue weighted by Gasteiger charge is -2.39. The van der Waals surface area contributed by atoms with Crippen molar-refractivity contribution >= 4 is 36.2 Å². The number of amides is 1. The van der Waals surface area contributed by atoms with Gasteiger partial charge >= 0.3 is 5.69 Å². The van der Waals surface area contributed by atoms with Crippen LogP contribution in [0, 0.1) is 11.3 Å². The van der Waals surface area contributed by atoms with E-state index in [0.717, 1.165) is 26.7 Å². The lowest BCUT2D eigenvalue weighted by atomic mass is 9.80. The molecule has 1 unspecified atom stereocenters. The minimum Gasteiger partial charge on any atom is -0.497 e. The van der Waals surface area contributed by atoms with Crippen LogP contribution in [0.15, 0.2) is 155 Å². The van der Waals surface area contributed by atoms with Crippen LogP contribution in [-0.2, 0) is 34.5 Å². The van der Waals surface area contributed by atoms with Crippen molar-refractivity contribution < 1.29 is 37.5 Å². The summed E-state index contributed by atoms with van der Waals surface area (Å²) in [6.07, 6.45) is -1.50. The third kappa shape index (κ3) is 10.6. The zero-order valence-corrected chi connectivity index (χ0v) is 42.4. The van der Waals surface area contributed by atoms with E-state index in [1.165, 1.54) is 4.57 Å². The van der Waals surface area contributed by atoms with E-state index >= 15 is 0 Å². The van der Waals surface area contributed by atoms with Gasteiger partial charge in [0, 0.05) is 34.7 Å². The maximum Gasteiger partial charge on any atom is 0.351 e. The van der Waals surface area contributed by atoms with Gasteiger partial charge in [0.1, 0.15) is 53.1 Å². The Hall–Kier alpha value is -5.79. The number of carbonyl (C=O) groups is 1. The number of fused-ring (bicyclic) bond motifs is 1. The number of benzene rings is 5. The average Bonchev–Trinajstić information content (AvgIpc) is 3.89. The number of hydrogen-bond acceptors (Lipinski definition) is 12. The van der Waals surface area contributed by atoms with Gasteiger partial charge in [0.2, 0.25) is 0 Å². The van der Waals surface area contributed by atoms with Gasteiger partial charge < -0.3 is 38.0 Å². The molecule has 6 atom stereocenters. The molecule has 1 N–H and O–H groups in total. The Morgan fingerprint density at radius 3 is 2.07 bits per heavy atom. The van der Waals surface area contributed by atoms with Crippen LogP contribution in [0.5, 0.6) is 11.5 Å². The minimum atomic E-state index is -1.85. The number of aromatic nitrogens is 2. The fourth-order valence-corrected chi connectivity index (χ4v) is 11.5. The molecule has 1 aromatic heterocycles. The van der Waals surface area contributed by atoms with Gasteiger partial charge in [0.15, 0.2) is 0 Å². The monoisotopic (exact) mass is 1030 g/mol. The van der Waals surface area contributed by atoms with Crippen LogP contribution in [0.3, 0.4) is 0 Å². The number of nitriles is 1. The van der Waals surface area contributed by atoms with E-state index in [9.17, 15) is 14.9 Å². The summed E-state index contributed by atoms with van der Waals surface area (Å²) in [6, 6.07) is 46.0. The number of carbonyl (C=O) groups excluding carboxylic acids is 1. The Balaban J connectivity index is 1.24. The summed E-state index contributed by atoms with van der Waals surface area (Å²) in [6.45, 7) is 8.44. The maximum atomic E-state index is 14.0. The molecular formula is C54H57BrN5O9P. The highest BCUT2D eigenvalue weighted by Crippen LogP contribution is 2.58. The molecule has 0 spiro atoms. The SMILES string of the molecule is COc1ccc(C(OC[C@H]2O[C@]3(c4cccc(Br)c4)C[C@@H](n4ccc(NC(=O)c5ccccc5)nc4=O)O[C@@H]3[C@@H]2OP(OCCC#N)N(C(C)C)C(C)C)(c2ccccc2)c2ccc(OC)cc2)cc1. The summed E-state index contributed by atoms with van der Waals surface area (Å²) >= 11 is 3.71. The summed E-state index contributed by atoms with van der Waals surface area (Å²) in [7, 11) is 1.41. The van der Waals surface area contributed by atoms with Crippen molar-refractivity contribution in [2.45, 2.75) is 88.4 Å². The minimum absolute atomic E-state index is 0.0139. The van der Waals surface area contributed by atoms with E-state index in [1.807, 2.05) is 109 Å². The first kappa shape index (κ1) is 50.6. The lowest BCUT2D eigenvalue weighted by Crippen LogP contribution is -2.43. The first-order valence-electron chi connectivity index (χ1n) is 23.2. The van der Waals surface area contributed by atoms with E-state index < -0.39 is 55.9 Å². The molecule has 2 saturated heterocycles. The van der Waals surface area contributed by atoms with Crippen molar-refractivity contribution in [2.75, 3.05) is 32.8 Å². The van der Waals surface area contributed by atoms with Crippen LogP contribution in [-0.4, -0.2) is 78.0 Å². The summed E-state index contributed by atoms with van der Waals surface area (Å²) in [5.41, 5.74) is 0.706. The fourth-order valence-electron chi connectivity index (χ4n) is 9.37. The molecule has 70 heavy (non-hydrogen) atoms. The molecule has 0 radical (unpaired) electrons. The number of ether oxygens (including phenoxy) is 5. The summed E-state index contributed by atoms with van der Waals surface area (Å²) < 4.78 is 51.6. The van der Waals surface area contributed by atoms with Gasteiger partial charge in [-0.15, -0.1) is 0 Å². The predicted molar refractivity (Wildman–Crippen MR) is 270 cm³/mol. The van der Waals surface area contributed by atoms with Gasteiger partial charge in [-0.3, -0.25) is 9.36 Å². The number of anilines is 1. The van der Waals surface area contributed by atoms with Gasteiger partial charge in [-0.05, 0) is 105 Å². The molecule has 1 amide bonds. The zero-order chi connectivity index (χ0) is 49.4. The highest BCUT2D eigenvalue weighted by molar-refractivity contribution is 9.10. The normalized spacial score (nSPS) is 20.3. The summed E-state index contributed by atoms with van der Waals surface area (Å²) in [5, 5.41) is 12.4. The highest BCUT2D eigenvalue weighted by Gasteiger charge is 2.64. The van der Waals surface area contributed by atoms with Crippen molar-refractivity contribution in [1.82, 2.24) is 14.2 Å². The van der Waals surface area contributed by atoms with Gasteiger partial charge in [-0.25, -0.2) is 9.46 Å². The van der Waals surface area contributed by atoms with E-state index in [4.69, 9.17) is 32.7 Å². The number of hydrogen-bond donors (Lipinski definition) is 1. The maximum absolute atomic E-state index is 14.0. The first-order valence-corrected chi connectivity index (χ1v) is 25.1. The Morgan fingerprint density at radius 2 is 1.50 bits per heavy atom. The number of nitrogens with one attached hydrogen (secondary N) is 1. The van der Waals surface area contributed by atoms with Crippen molar-refractivity contribution in [3.05, 3.63) is 188 Å². The number of rotatable bonds is 20. The van der Waals surface area contributed by atoms with Crippen molar-refractivity contribution in [1.29, 1.82) is 5.26 Å². The number of methoxy groups -OCH3 is 2. The average molecular weight is 1030 g/mol. The topological polar surface area (TPSA) is 156 Å².